The molecule has 25 heavy (non-hydrogen) atoms. The summed E-state index contributed by atoms with van der Waals surface area (Å²) in [5.74, 6) is -0.391. The van der Waals surface area contributed by atoms with Crippen LogP contribution < -0.4 is 10.6 Å². The van der Waals surface area contributed by atoms with E-state index in [0.717, 1.165) is 11.1 Å². The summed E-state index contributed by atoms with van der Waals surface area (Å²) >= 11 is 5.90. The maximum absolute atomic E-state index is 12.4. The number of hydrogen-bond donors (Lipinski definition) is 2. The largest absolute Gasteiger partial charge is 0.380 e. The Bertz CT molecular complexity index is 732. The van der Waals surface area contributed by atoms with E-state index in [2.05, 4.69) is 10.6 Å². The Kier molecular flexibility index (Phi) is 6.98. The van der Waals surface area contributed by atoms with Crippen molar-refractivity contribution < 1.29 is 14.3 Å². The van der Waals surface area contributed by atoms with E-state index in [1.165, 1.54) is 6.92 Å². The van der Waals surface area contributed by atoms with Crippen molar-refractivity contribution in [2.45, 2.75) is 26.0 Å². The maximum atomic E-state index is 12.4. The standard InChI is InChI=1S/C19H21ClN2O3/c1-13(23)21-18(15-6-8-16(20)9-7-15)11-19(24)22-17-5-3-4-14(10-17)12-25-2/h3-10,18H,11-12H2,1-2H3,(H,21,23)(H,22,24). The minimum absolute atomic E-state index is 0.121. The van der Waals surface area contributed by atoms with E-state index in [9.17, 15) is 9.59 Å². The van der Waals surface area contributed by atoms with Gasteiger partial charge in [-0.2, -0.15) is 0 Å². The monoisotopic (exact) mass is 360 g/mol. The maximum Gasteiger partial charge on any atom is 0.226 e. The molecule has 0 radical (unpaired) electrons. The van der Waals surface area contributed by atoms with Crippen LogP contribution in [0.2, 0.25) is 5.02 Å². The molecule has 132 valence electrons. The van der Waals surface area contributed by atoms with Crippen molar-refractivity contribution in [3.05, 3.63) is 64.7 Å². The number of halogens is 1. The molecule has 0 heterocycles. The van der Waals surface area contributed by atoms with Gasteiger partial charge in [0.2, 0.25) is 11.8 Å². The van der Waals surface area contributed by atoms with Crippen LogP contribution in [-0.4, -0.2) is 18.9 Å². The molecule has 0 spiro atoms. The van der Waals surface area contributed by atoms with Gasteiger partial charge in [-0.1, -0.05) is 35.9 Å². The Labute approximate surface area is 152 Å². The third-order valence-corrected chi connectivity index (χ3v) is 3.81. The van der Waals surface area contributed by atoms with Crippen LogP contribution in [0.15, 0.2) is 48.5 Å². The van der Waals surface area contributed by atoms with Crippen molar-refractivity contribution in [1.82, 2.24) is 5.32 Å². The summed E-state index contributed by atoms with van der Waals surface area (Å²) < 4.78 is 5.09. The van der Waals surface area contributed by atoms with Crippen molar-refractivity contribution in [3.63, 3.8) is 0 Å². The molecule has 2 rings (SSSR count). The fourth-order valence-electron chi connectivity index (χ4n) is 2.50. The van der Waals surface area contributed by atoms with Crippen molar-refractivity contribution in [1.29, 1.82) is 0 Å². The molecule has 0 saturated carbocycles. The number of carbonyl (C=O) groups is 2. The van der Waals surface area contributed by atoms with Gasteiger partial charge in [0, 0.05) is 24.7 Å². The van der Waals surface area contributed by atoms with Crippen molar-refractivity contribution in [2.75, 3.05) is 12.4 Å². The van der Waals surface area contributed by atoms with E-state index in [4.69, 9.17) is 16.3 Å². The Morgan fingerprint density at radius 1 is 1.16 bits per heavy atom. The minimum Gasteiger partial charge on any atom is -0.380 e. The van der Waals surface area contributed by atoms with Gasteiger partial charge in [0.05, 0.1) is 19.1 Å². The number of rotatable bonds is 7. The van der Waals surface area contributed by atoms with Crippen molar-refractivity contribution in [3.8, 4) is 0 Å². The molecule has 2 aromatic carbocycles. The lowest BCUT2D eigenvalue weighted by molar-refractivity contribution is -0.120. The predicted molar refractivity (Wildman–Crippen MR) is 98.4 cm³/mol. The molecule has 1 unspecified atom stereocenters. The zero-order valence-corrected chi connectivity index (χ0v) is 15.0. The SMILES string of the molecule is COCc1cccc(NC(=O)CC(NC(C)=O)c2ccc(Cl)cc2)c1. The van der Waals surface area contributed by atoms with E-state index >= 15 is 0 Å². The number of hydrogen-bond acceptors (Lipinski definition) is 3. The number of anilines is 1. The first-order valence-corrected chi connectivity index (χ1v) is 8.26. The fraction of sp³-hybridized carbons (Fsp3) is 0.263. The van der Waals surface area contributed by atoms with Gasteiger partial charge in [-0.15, -0.1) is 0 Å². The average Bonchev–Trinajstić information content (AvgIpc) is 2.55. The van der Waals surface area contributed by atoms with Gasteiger partial charge in [0.1, 0.15) is 0 Å². The quantitative estimate of drug-likeness (QED) is 0.791. The first kappa shape index (κ1) is 19.0. The summed E-state index contributed by atoms with van der Waals surface area (Å²) in [5, 5.41) is 6.26. The molecule has 0 bridgehead atoms. The molecule has 6 heteroatoms. The van der Waals surface area contributed by atoms with Gasteiger partial charge in [-0.3, -0.25) is 9.59 Å². The summed E-state index contributed by atoms with van der Waals surface area (Å²) in [4.78, 5) is 23.9. The molecule has 5 nitrogen and oxygen atoms in total. The van der Waals surface area contributed by atoms with Crippen LogP contribution in [0.25, 0.3) is 0 Å². The summed E-state index contributed by atoms with van der Waals surface area (Å²) in [7, 11) is 1.62. The van der Waals surface area contributed by atoms with Crippen molar-refractivity contribution in [2.24, 2.45) is 0 Å². The molecular formula is C19H21ClN2O3. The fourth-order valence-corrected chi connectivity index (χ4v) is 2.62. The molecule has 2 aromatic rings. The van der Waals surface area contributed by atoms with Crippen LogP contribution in [0.3, 0.4) is 0 Å². The third-order valence-electron chi connectivity index (χ3n) is 3.56. The zero-order chi connectivity index (χ0) is 18.2. The molecule has 1 atom stereocenters. The topological polar surface area (TPSA) is 67.4 Å². The van der Waals surface area contributed by atoms with Crippen LogP contribution in [0.5, 0.6) is 0 Å². The number of nitrogens with one attached hydrogen (secondary N) is 2. The summed E-state index contributed by atoms with van der Waals surface area (Å²) in [6, 6.07) is 14.1. The number of carbonyl (C=O) groups excluding carboxylic acids is 2. The van der Waals surface area contributed by atoms with Crippen LogP contribution in [0, 0.1) is 0 Å². The molecular weight excluding hydrogens is 340 g/mol. The summed E-state index contributed by atoms with van der Waals surface area (Å²) in [5.41, 5.74) is 2.48. The highest BCUT2D eigenvalue weighted by Crippen LogP contribution is 2.21. The second-order valence-corrected chi connectivity index (χ2v) is 6.13. The van der Waals surface area contributed by atoms with Gasteiger partial charge in [0.25, 0.3) is 0 Å². The first-order chi connectivity index (χ1) is 12.0. The van der Waals surface area contributed by atoms with E-state index in [-0.39, 0.29) is 18.2 Å². The second kappa shape index (κ2) is 9.20. The molecule has 0 aromatic heterocycles. The Balaban J connectivity index is 2.07. The second-order valence-electron chi connectivity index (χ2n) is 5.69. The van der Waals surface area contributed by atoms with Crippen LogP contribution in [0.1, 0.15) is 30.5 Å². The number of methoxy groups -OCH3 is 1. The zero-order valence-electron chi connectivity index (χ0n) is 14.2. The lowest BCUT2D eigenvalue weighted by Crippen LogP contribution is -2.29. The van der Waals surface area contributed by atoms with Crippen LogP contribution in [-0.2, 0) is 20.9 Å². The number of amides is 2. The number of benzene rings is 2. The summed E-state index contributed by atoms with van der Waals surface area (Å²) in [6.45, 7) is 1.90. The van der Waals surface area contributed by atoms with Crippen LogP contribution >= 0.6 is 11.6 Å². The molecule has 0 saturated heterocycles. The van der Waals surface area contributed by atoms with Gasteiger partial charge in [-0.05, 0) is 35.4 Å². The van der Waals surface area contributed by atoms with Gasteiger partial charge in [-0.25, -0.2) is 0 Å². The van der Waals surface area contributed by atoms with Crippen LogP contribution in [0.4, 0.5) is 5.69 Å². The normalized spacial score (nSPS) is 11.6. The Hall–Kier alpha value is -2.37. The van der Waals surface area contributed by atoms with E-state index in [0.29, 0.717) is 17.3 Å². The van der Waals surface area contributed by atoms with Gasteiger partial charge >= 0.3 is 0 Å². The Morgan fingerprint density at radius 2 is 1.88 bits per heavy atom. The molecule has 2 amide bonds. The molecule has 0 fully saturated rings. The van der Waals surface area contributed by atoms with Crippen molar-refractivity contribution >= 4 is 29.1 Å². The average molecular weight is 361 g/mol. The van der Waals surface area contributed by atoms with E-state index in [1.807, 2.05) is 24.3 Å². The van der Waals surface area contributed by atoms with E-state index < -0.39 is 6.04 Å². The Morgan fingerprint density at radius 3 is 2.52 bits per heavy atom. The smallest absolute Gasteiger partial charge is 0.226 e. The highest BCUT2D eigenvalue weighted by atomic mass is 35.5. The molecule has 0 aliphatic carbocycles. The predicted octanol–water partition coefficient (Wildman–Crippen LogP) is 3.69. The first-order valence-electron chi connectivity index (χ1n) is 7.88. The highest BCUT2D eigenvalue weighted by molar-refractivity contribution is 6.30. The molecule has 0 aliphatic heterocycles. The highest BCUT2D eigenvalue weighted by Gasteiger charge is 2.17. The van der Waals surface area contributed by atoms with Gasteiger partial charge < -0.3 is 15.4 Å². The van der Waals surface area contributed by atoms with E-state index in [1.54, 1.807) is 31.4 Å². The minimum atomic E-state index is -0.420. The molecule has 0 aliphatic rings. The lowest BCUT2D eigenvalue weighted by Gasteiger charge is -2.18. The molecule has 2 N–H and O–H groups in total. The number of ether oxygens (including phenoxy) is 1. The third kappa shape index (κ3) is 6.21. The lowest BCUT2D eigenvalue weighted by atomic mass is 10.0. The summed E-state index contributed by atoms with van der Waals surface area (Å²) in [6.07, 6.45) is 0.121. The van der Waals surface area contributed by atoms with Gasteiger partial charge in [0.15, 0.2) is 0 Å².